The fourth-order valence-corrected chi connectivity index (χ4v) is 3.23. The van der Waals surface area contributed by atoms with E-state index in [1.807, 2.05) is 12.3 Å². The van der Waals surface area contributed by atoms with Crippen molar-refractivity contribution >= 4 is 27.8 Å². The maximum Gasteiger partial charge on any atom is 0.360 e. The fourth-order valence-electron chi connectivity index (χ4n) is 3.23. The topological polar surface area (TPSA) is 108 Å². The molecule has 0 saturated heterocycles. The number of H-pyrrole nitrogens is 1. The second kappa shape index (κ2) is 6.84. The molecular formula is C21H20N2O5. The van der Waals surface area contributed by atoms with Gasteiger partial charge in [-0.25, -0.2) is 4.79 Å². The fraction of sp³-hybridized carbons (Fsp3) is 0.190. The third kappa shape index (κ3) is 3.11. The highest BCUT2D eigenvalue weighted by molar-refractivity contribution is 5.97. The molecule has 0 atom stereocenters. The zero-order chi connectivity index (χ0) is 19.8. The van der Waals surface area contributed by atoms with Crippen LogP contribution in [0.2, 0.25) is 0 Å². The van der Waals surface area contributed by atoms with E-state index >= 15 is 0 Å². The molecule has 7 heteroatoms. The third-order valence-corrected chi connectivity index (χ3v) is 4.74. The van der Waals surface area contributed by atoms with Crippen molar-refractivity contribution in [2.45, 2.75) is 26.3 Å². The van der Waals surface area contributed by atoms with Gasteiger partial charge in [0, 0.05) is 35.6 Å². The number of aromatic amines is 1. The van der Waals surface area contributed by atoms with Crippen molar-refractivity contribution in [3.05, 3.63) is 48.3 Å². The van der Waals surface area contributed by atoms with E-state index in [9.17, 15) is 20.1 Å². The second-order valence-corrected chi connectivity index (χ2v) is 6.74. The van der Waals surface area contributed by atoms with Crippen LogP contribution in [0.15, 0.2) is 42.6 Å². The molecule has 2 aromatic heterocycles. The Balaban J connectivity index is 1.62. The number of phenolic OH excluding ortho intramolecular Hbond substituents is 3. The molecule has 0 amide bonds. The molecule has 0 saturated carbocycles. The molecule has 28 heavy (non-hydrogen) atoms. The number of rotatable bonds is 5. The number of carbonyl (C=O) groups is 1. The number of benzene rings is 2. The van der Waals surface area contributed by atoms with Crippen LogP contribution in [0.25, 0.3) is 21.8 Å². The number of aromatic hydroxyl groups is 3. The largest absolute Gasteiger partial charge is 0.504 e. The number of esters is 1. The Kier molecular flexibility index (Phi) is 4.35. The number of aromatic nitrogens is 2. The van der Waals surface area contributed by atoms with Gasteiger partial charge in [-0.05, 0) is 30.7 Å². The first-order valence-electron chi connectivity index (χ1n) is 9.05. The van der Waals surface area contributed by atoms with Crippen molar-refractivity contribution in [1.29, 1.82) is 0 Å². The van der Waals surface area contributed by atoms with E-state index in [0.717, 1.165) is 30.3 Å². The zero-order valence-corrected chi connectivity index (χ0v) is 15.3. The number of nitrogens with zero attached hydrogens (tertiary/aromatic N) is 1. The molecule has 0 aliphatic rings. The van der Waals surface area contributed by atoms with Gasteiger partial charge in [-0.3, -0.25) is 0 Å². The van der Waals surface area contributed by atoms with E-state index in [4.69, 9.17) is 4.74 Å². The van der Waals surface area contributed by atoms with E-state index in [1.54, 1.807) is 12.1 Å². The standard InChI is InChI=1S/C21H20N2O5/c1-2-3-5-23-6-4-12-9-20(19(26)11-16(12)23)28-21(27)15-7-13-8-17(24)18(25)10-14(13)22-15/h4,6-11,22,24-26H,2-3,5H2,1H3. The summed E-state index contributed by atoms with van der Waals surface area (Å²) in [5.41, 5.74) is 1.50. The summed E-state index contributed by atoms with van der Waals surface area (Å²) in [6, 6.07) is 9.31. The van der Waals surface area contributed by atoms with Crippen LogP contribution in [0.4, 0.5) is 0 Å². The molecule has 4 rings (SSSR count). The maximum absolute atomic E-state index is 12.5. The summed E-state index contributed by atoms with van der Waals surface area (Å²) in [5.74, 6) is -1.30. The van der Waals surface area contributed by atoms with Crippen molar-refractivity contribution in [2.75, 3.05) is 0 Å². The van der Waals surface area contributed by atoms with Gasteiger partial charge in [-0.15, -0.1) is 0 Å². The summed E-state index contributed by atoms with van der Waals surface area (Å²) in [6.45, 7) is 2.97. The minimum absolute atomic E-state index is 0.0649. The van der Waals surface area contributed by atoms with Gasteiger partial charge in [-0.1, -0.05) is 13.3 Å². The highest BCUT2D eigenvalue weighted by atomic mass is 16.5. The Morgan fingerprint density at radius 1 is 1.04 bits per heavy atom. The Labute approximate surface area is 160 Å². The summed E-state index contributed by atoms with van der Waals surface area (Å²) in [6.07, 6.45) is 4.05. The average Bonchev–Trinajstić information content (AvgIpc) is 3.24. The van der Waals surface area contributed by atoms with Crippen LogP contribution >= 0.6 is 0 Å². The quantitative estimate of drug-likeness (QED) is 0.235. The van der Waals surface area contributed by atoms with Crippen molar-refractivity contribution in [3.8, 4) is 23.0 Å². The number of unbranched alkanes of at least 4 members (excludes halogenated alkanes) is 1. The Hall–Kier alpha value is -3.61. The Morgan fingerprint density at radius 2 is 1.82 bits per heavy atom. The number of hydrogen-bond donors (Lipinski definition) is 4. The molecule has 0 radical (unpaired) electrons. The van der Waals surface area contributed by atoms with Gasteiger partial charge >= 0.3 is 5.97 Å². The molecule has 0 spiro atoms. The smallest absolute Gasteiger partial charge is 0.360 e. The summed E-state index contributed by atoms with van der Waals surface area (Å²) >= 11 is 0. The lowest BCUT2D eigenvalue weighted by molar-refractivity contribution is 0.0725. The second-order valence-electron chi connectivity index (χ2n) is 6.74. The summed E-state index contributed by atoms with van der Waals surface area (Å²) < 4.78 is 7.42. The predicted octanol–water partition coefficient (Wildman–Crippen LogP) is 4.26. The molecular weight excluding hydrogens is 360 g/mol. The molecule has 0 fully saturated rings. The first kappa shape index (κ1) is 17.8. The van der Waals surface area contributed by atoms with E-state index in [2.05, 4.69) is 16.5 Å². The first-order chi connectivity index (χ1) is 13.5. The Morgan fingerprint density at radius 3 is 2.61 bits per heavy atom. The van der Waals surface area contributed by atoms with Gasteiger partial charge in [0.25, 0.3) is 0 Å². The number of fused-ring (bicyclic) bond motifs is 2. The number of carbonyl (C=O) groups excluding carboxylic acids is 1. The lowest BCUT2D eigenvalue weighted by atomic mass is 10.2. The van der Waals surface area contributed by atoms with E-state index in [-0.39, 0.29) is 28.7 Å². The van der Waals surface area contributed by atoms with Gasteiger partial charge in [-0.2, -0.15) is 0 Å². The monoisotopic (exact) mass is 380 g/mol. The lowest BCUT2D eigenvalue weighted by Crippen LogP contribution is -2.09. The highest BCUT2D eigenvalue weighted by Crippen LogP contribution is 2.34. The number of ether oxygens (including phenoxy) is 1. The van der Waals surface area contributed by atoms with Gasteiger partial charge in [0.05, 0.1) is 11.0 Å². The van der Waals surface area contributed by atoms with Crippen LogP contribution in [-0.2, 0) is 6.54 Å². The van der Waals surface area contributed by atoms with Crippen molar-refractivity contribution in [3.63, 3.8) is 0 Å². The molecule has 0 unspecified atom stereocenters. The summed E-state index contributed by atoms with van der Waals surface area (Å²) in [5, 5.41) is 30.9. The van der Waals surface area contributed by atoms with Gasteiger partial charge in [0.1, 0.15) is 5.69 Å². The highest BCUT2D eigenvalue weighted by Gasteiger charge is 2.17. The maximum atomic E-state index is 12.5. The molecule has 0 bridgehead atoms. The van der Waals surface area contributed by atoms with Crippen LogP contribution in [0.1, 0.15) is 30.3 Å². The summed E-state index contributed by atoms with van der Waals surface area (Å²) in [4.78, 5) is 15.3. The average molecular weight is 380 g/mol. The number of hydrogen-bond acceptors (Lipinski definition) is 5. The van der Waals surface area contributed by atoms with Crippen LogP contribution in [-0.4, -0.2) is 30.8 Å². The van der Waals surface area contributed by atoms with Crippen LogP contribution in [0.5, 0.6) is 23.0 Å². The summed E-state index contributed by atoms with van der Waals surface area (Å²) in [7, 11) is 0. The minimum atomic E-state index is -0.685. The normalized spacial score (nSPS) is 11.3. The molecule has 144 valence electrons. The van der Waals surface area contributed by atoms with Crippen molar-refractivity contribution in [2.24, 2.45) is 0 Å². The molecule has 7 nitrogen and oxygen atoms in total. The minimum Gasteiger partial charge on any atom is -0.504 e. The molecule has 4 N–H and O–H groups in total. The number of aryl methyl sites for hydroxylation is 1. The number of nitrogens with one attached hydrogen (secondary N) is 1. The van der Waals surface area contributed by atoms with Gasteiger partial charge in [0.15, 0.2) is 23.0 Å². The van der Waals surface area contributed by atoms with E-state index < -0.39 is 5.97 Å². The molecule has 0 aliphatic heterocycles. The Bertz CT molecular complexity index is 1150. The van der Waals surface area contributed by atoms with Crippen molar-refractivity contribution in [1.82, 2.24) is 9.55 Å². The third-order valence-electron chi connectivity index (χ3n) is 4.74. The van der Waals surface area contributed by atoms with Gasteiger partial charge in [0.2, 0.25) is 0 Å². The van der Waals surface area contributed by atoms with Crippen LogP contribution in [0.3, 0.4) is 0 Å². The molecule has 4 aromatic rings. The van der Waals surface area contributed by atoms with Crippen molar-refractivity contribution < 1.29 is 24.9 Å². The van der Waals surface area contributed by atoms with E-state index in [1.165, 1.54) is 18.2 Å². The number of phenols is 3. The molecule has 2 aromatic carbocycles. The predicted molar refractivity (Wildman–Crippen MR) is 105 cm³/mol. The van der Waals surface area contributed by atoms with Crippen LogP contribution < -0.4 is 4.74 Å². The van der Waals surface area contributed by atoms with Crippen LogP contribution in [0, 0.1) is 0 Å². The van der Waals surface area contributed by atoms with Gasteiger partial charge < -0.3 is 29.6 Å². The zero-order valence-electron chi connectivity index (χ0n) is 15.3. The first-order valence-corrected chi connectivity index (χ1v) is 9.05. The lowest BCUT2D eigenvalue weighted by Gasteiger charge is -2.08. The molecule has 2 heterocycles. The SMILES string of the molecule is CCCCn1ccc2cc(OC(=O)c3cc4cc(O)c(O)cc4[nH]3)c(O)cc21. The molecule has 0 aliphatic carbocycles. The van der Waals surface area contributed by atoms with E-state index in [0.29, 0.717) is 10.9 Å².